The summed E-state index contributed by atoms with van der Waals surface area (Å²) < 4.78 is 29.4. The molecule has 2 aromatic heterocycles. The third kappa shape index (κ3) is 2.87. The number of nitrogens with zero attached hydrogens (tertiary/aromatic N) is 4. The molecule has 134 valence electrons. The molecule has 6 nitrogen and oxygen atoms in total. The molecule has 1 aliphatic heterocycles. The van der Waals surface area contributed by atoms with Crippen molar-refractivity contribution in [3.05, 3.63) is 53.9 Å². The van der Waals surface area contributed by atoms with Crippen molar-refractivity contribution in [2.24, 2.45) is 0 Å². The van der Waals surface area contributed by atoms with Crippen molar-refractivity contribution in [1.82, 2.24) is 14.6 Å². The molecule has 1 atom stereocenters. The third-order valence-corrected chi connectivity index (χ3v) is 4.53. The summed E-state index contributed by atoms with van der Waals surface area (Å²) in [6.45, 7) is 2.10. The van der Waals surface area contributed by atoms with Gasteiger partial charge in [0.1, 0.15) is 23.1 Å². The maximum Gasteiger partial charge on any atom is 0.221 e. The van der Waals surface area contributed by atoms with Crippen LogP contribution in [-0.4, -0.2) is 27.0 Å². The number of benzene rings is 1. The van der Waals surface area contributed by atoms with E-state index in [1.54, 1.807) is 16.8 Å². The van der Waals surface area contributed by atoms with Crippen molar-refractivity contribution >= 4 is 23.1 Å². The largest absolute Gasteiger partial charge is 0.349 e. The molecule has 1 aromatic carbocycles. The summed E-state index contributed by atoms with van der Waals surface area (Å²) in [6.07, 6.45) is 4.83. The Balaban J connectivity index is 1.73. The SMILES string of the molecule is CC(=O)Nc1cnn2ccc(N3CCCC3c3cc(F)ccc3F)nc12. The van der Waals surface area contributed by atoms with Crippen molar-refractivity contribution < 1.29 is 13.6 Å². The van der Waals surface area contributed by atoms with Gasteiger partial charge < -0.3 is 10.2 Å². The first-order valence-electron chi connectivity index (χ1n) is 8.36. The first-order valence-corrected chi connectivity index (χ1v) is 8.36. The van der Waals surface area contributed by atoms with Crippen LogP contribution < -0.4 is 10.2 Å². The van der Waals surface area contributed by atoms with Gasteiger partial charge in [-0.3, -0.25) is 4.79 Å². The number of hydrogen-bond acceptors (Lipinski definition) is 4. The van der Waals surface area contributed by atoms with Gasteiger partial charge in [0.2, 0.25) is 5.91 Å². The summed E-state index contributed by atoms with van der Waals surface area (Å²) in [6, 6.07) is 5.02. The van der Waals surface area contributed by atoms with E-state index in [0.717, 1.165) is 18.6 Å². The predicted molar refractivity (Wildman–Crippen MR) is 93.0 cm³/mol. The second-order valence-electron chi connectivity index (χ2n) is 6.31. The molecule has 3 heterocycles. The average Bonchev–Trinajstić information content (AvgIpc) is 3.23. The van der Waals surface area contributed by atoms with E-state index in [2.05, 4.69) is 15.4 Å². The monoisotopic (exact) mass is 357 g/mol. The summed E-state index contributed by atoms with van der Waals surface area (Å²) in [5.74, 6) is -0.461. The van der Waals surface area contributed by atoms with Crippen LogP contribution in [0.15, 0.2) is 36.7 Å². The number of nitrogens with one attached hydrogen (secondary N) is 1. The molecule has 3 aromatic rings. The Morgan fingerprint density at radius 1 is 1.31 bits per heavy atom. The van der Waals surface area contributed by atoms with E-state index >= 15 is 0 Å². The fourth-order valence-corrected chi connectivity index (χ4v) is 3.43. The Kier molecular flexibility index (Phi) is 4.02. The van der Waals surface area contributed by atoms with E-state index in [0.29, 0.717) is 35.7 Å². The molecular weight excluding hydrogens is 340 g/mol. The molecule has 26 heavy (non-hydrogen) atoms. The number of halogens is 2. The van der Waals surface area contributed by atoms with Gasteiger partial charge in [-0.1, -0.05) is 0 Å². The van der Waals surface area contributed by atoms with Crippen LogP contribution in [0.4, 0.5) is 20.3 Å². The van der Waals surface area contributed by atoms with E-state index in [1.165, 1.54) is 19.2 Å². The molecule has 4 rings (SSSR count). The van der Waals surface area contributed by atoms with Gasteiger partial charge in [-0.15, -0.1) is 0 Å². The summed E-state index contributed by atoms with van der Waals surface area (Å²) in [5.41, 5.74) is 1.34. The number of amides is 1. The molecule has 0 radical (unpaired) electrons. The highest BCUT2D eigenvalue weighted by molar-refractivity contribution is 5.92. The summed E-state index contributed by atoms with van der Waals surface area (Å²) in [7, 11) is 0. The average molecular weight is 357 g/mol. The van der Waals surface area contributed by atoms with Crippen LogP contribution in [0.3, 0.4) is 0 Å². The maximum absolute atomic E-state index is 14.2. The van der Waals surface area contributed by atoms with Gasteiger partial charge in [-0.25, -0.2) is 18.3 Å². The van der Waals surface area contributed by atoms with Gasteiger partial charge in [0.05, 0.1) is 12.2 Å². The lowest BCUT2D eigenvalue weighted by molar-refractivity contribution is -0.114. The van der Waals surface area contributed by atoms with Crippen molar-refractivity contribution in [3.8, 4) is 0 Å². The van der Waals surface area contributed by atoms with Gasteiger partial charge in [0, 0.05) is 25.2 Å². The Hall–Kier alpha value is -3.03. The van der Waals surface area contributed by atoms with Crippen LogP contribution in [0.1, 0.15) is 31.4 Å². The molecule has 1 saturated heterocycles. The number of carbonyl (C=O) groups is 1. The third-order valence-electron chi connectivity index (χ3n) is 4.53. The molecule has 0 bridgehead atoms. The topological polar surface area (TPSA) is 62.5 Å². The molecule has 8 heteroatoms. The number of aromatic nitrogens is 3. The second kappa shape index (κ2) is 6.36. The van der Waals surface area contributed by atoms with Crippen molar-refractivity contribution in [2.75, 3.05) is 16.8 Å². The zero-order valence-corrected chi connectivity index (χ0v) is 14.1. The Bertz CT molecular complexity index is 987. The number of fused-ring (bicyclic) bond motifs is 1. The van der Waals surface area contributed by atoms with Gasteiger partial charge in [0.25, 0.3) is 0 Å². The highest BCUT2D eigenvalue weighted by Crippen LogP contribution is 2.37. The lowest BCUT2D eigenvalue weighted by Crippen LogP contribution is -2.24. The fourth-order valence-electron chi connectivity index (χ4n) is 3.43. The number of anilines is 2. The van der Waals surface area contributed by atoms with Crippen molar-refractivity contribution in [1.29, 1.82) is 0 Å². The van der Waals surface area contributed by atoms with Crippen molar-refractivity contribution in [3.63, 3.8) is 0 Å². The molecule has 0 spiro atoms. The fraction of sp³-hybridized carbons (Fsp3) is 0.278. The van der Waals surface area contributed by atoms with E-state index in [4.69, 9.17) is 0 Å². The first kappa shape index (κ1) is 16.4. The maximum atomic E-state index is 14.2. The standard InChI is InChI=1S/C18H17F2N5O/c1-11(26)22-15-10-21-25-8-6-17(23-18(15)25)24-7-2-3-16(24)13-9-12(19)4-5-14(13)20/h4-6,8-10,16H,2-3,7H2,1H3,(H,22,26). The Labute approximate surface area is 148 Å². The van der Waals surface area contributed by atoms with Gasteiger partial charge in [-0.05, 0) is 37.1 Å². The van der Waals surface area contributed by atoms with Crippen LogP contribution >= 0.6 is 0 Å². The number of hydrogen-bond donors (Lipinski definition) is 1. The predicted octanol–water partition coefficient (Wildman–Crippen LogP) is 3.31. The van der Waals surface area contributed by atoms with Crippen LogP contribution in [0.25, 0.3) is 5.65 Å². The van der Waals surface area contributed by atoms with Crippen molar-refractivity contribution in [2.45, 2.75) is 25.8 Å². The highest BCUT2D eigenvalue weighted by atomic mass is 19.1. The van der Waals surface area contributed by atoms with Crippen LogP contribution in [-0.2, 0) is 4.79 Å². The Morgan fingerprint density at radius 3 is 2.96 bits per heavy atom. The zero-order valence-electron chi connectivity index (χ0n) is 14.1. The summed E-state index contributed by atoms with van der Waals surface area (Å²) in [4.78, 5) is 17.9. The molecule has 1 N–H and O–H groups in total. The van der Waals surface area contributed by atoms with Crippen LogP contribution in [0, 0.1) is 11.6 Å². The quantitative estimate of drug-likeness (QED) is 0.781. The number of carbonyl (C=O) groups excluding carboxylic acids is 1. The highest BCUT2D eigenvalue weighted by Gasteiger charge is 2.30. The number of rotatable bonds is 3. The van der Waals surface area contributed by atoms with Crippen LogP contribution in [0.2, 0.25) is 0 Å². The van der Waals surface area contributed by atoms with E-state index < -0.39 is 11.6 Å². The van der Waals surface area contributed by atoms with Crippen LogP contribution in [0.5, 0.6) is 0 Å². The molecule has 0 saturated carbocycles. The molecule has 1 unspecified atom stereocenters. The minimum Gasteiger partial charge on any atom is -0.349 e. The van der Waals surface area contributed by atoms with Gasteiger partial charge in [-0.2, -0.15) is 5.10 Å². The first-order chi connectivity index (χ1) is 12.5. The summed E-state index contributed by atoms with van der Waals surface area (Å²) in [5, 5.41) is 6.85. The minimum absolute atomic E-state index is 0.215. The normalized spacial score (nSPS) is 17.0. The molecule has 0 aliphatic carbocycles. The molecule has 1 fully saturated rings. The molecule has 1 amide bonds. The lowest BCUT2D eigenvalue weighted by Gasteiger charge is -2.26. The van der Waals surface area contributed by atoms with E-state index in [9.17, 15) is 13.6 Å². The molecule has 1 aliphatic rings. The minimum atomic E-state index is -0.458. The Morgan fingerprint density at radius 2 is 2.15 bits per heavy atom. The zero-order chi connectivity index (χ0) is 18.3. The van der Waals surface area contributed by atoms with E-state index in [-0.39, 0.29) is 11.9 Å². The smallest absolute Gasteiger partial charge is 0.221 e. The van der Waals surface area contributed by atoms with Gasteiger partial charge in [0.15, 0.2) is 5.65 Å². The molecular formula is C18H17F2N5O. The van der Waals surface area contributed by atoms with Gasteiger partial charge >= 0.3 is 0 Å². The summed E-state index contributed by atoms with van der Waals surface area (Å²) >= 11 is 0. The lowest BCUT2D eigenvalue weighted by atomic mass is 10.0. The second-order valence-corrected chi connectivity index (χ2v) is 6.31. The van der Waals surface area contributed by atoms with E-state index in [1.807, 2.05) is 4.90 Å².